The quantitative estimate of drug-likeness (QED) is 0.180. The number of amides is 1. The number of nitrogens with one attached hydrogen (secondary N) is 2. The Kier molecular flexibility index (Phi) is 7.41. The van der Waals surface area contributed by atoms with Gasteiger partial charge in [0.25, 0.3) is 0 Å². The summed E-state index contributed by atoms with van der Waals surface area (Å²) in [5.74, 6) is 0.772. The maximum absolute atomic E-state index is 11.2. The van der Waals surface area contributed by atoms with Crippen molar-refractivity contribution < 1.29 is 30.0 Å². The van der Waals surface area contributed by atoms with Gasteiger partial charge in [-0.1, -0.05) is 60.7 Å². The minimum absolute atomic E-state index is 0.0123. The van der Waals surface area contributed by atoms with Crippen LogP contribution in [0, 0.1) is 0 Å². The third-order valence-electron chi connectivity index (χ3n) is 8.06. The van der Waals surface area contributed by atoms with Gasteiger partial charge in [-0.15, -0.1) is 0 Å². The Labute approximate surface area is 241 Å². The number of hydrogen-bond donors (Lipinski definition) is 6. The Bertz CT molecular complexity index is 1510. The van der Waals surface area contributed by atoms with Crippen LogP contribution in [0.4, 0.5) is 16.6 Å². The molecule has 2 fully saturated rings. The van der Waals surface area contributed by atoms with Crippen LogP contribution in [0.25, 0.3) is 11.2 Å². The van der Waals surface area contributed by atoms with E-state index in [4.69, 9.17) is 14.7 Å². The number of nitrogens with zero attached hydrogens (tertiary/aromatic N) is 5. The zero-order valence-corrected chi connectivity index (χ0v) is 22.9. The van der Waals surface area contributed by atoms with Crippen LogP contribution in [-0.4, -0.2) is 90.2 Å². The molecule has 0 bridgehead atoms. The molecule has 42 heavy (non-hydrogen) atoms. The van der Waals surface area contributed by atoms with E-state index >= 15 is 0 Å². The third-order valence-corrected chi connectivity index (χ3v) is 8.06. The van der Waals surface area contributed by atoms with E-state index in [1.54, 1.807) is 0 Å². The second-order valence-corrected chi connectivity index (χ2v) is 10.8. The monoisotopic (exact) mass is 575 g/mol. The van der Waals surface area contributed by atoms with E-state index in [1.807, 2.05) is 41.3 Å². The zero-order chi connectivity index (χ0) is 29.4. The summed E-state index contributed by atoms with van der Waals surface area (Å²) in [6, 6.07) is 20.0. The summed E-state index contributed by atoms with van der Waals surface area (Å²) in [7, 11) is 0. The Hall–Kier alpha value is -4.30. The normalized spacial score (nSPS) is 25.8. The third kappa shape index (κ3) is 5.11. The molecule has 4 heterocycles. The van der Waals surface area contributed by atoms with Crippen molar-refractivity contribution in [3.63, 3.8) is 0 Å². The molecular weight excluding hydrogens is 542 g/mol. The van der Waals surface area contributed by atoms with Crippen LogP contribution in [0.2, 0.25) is 0 Å². The number of benzene rings is 2. The van der Waals surface area contributed by atoms with Crippen molar-refractivity contribution in [1.82, 2.24) is 24.8 Å². The molecule has 0 spiro atoms. The summed E-state index contributed by atoms with van der Waals surface area (Å²) in [5, 5.41) is 46.4. The topological polar surface area (TPSA) is 178 Å². The zero-order valence-electron chi connectivity index (χ0n) is 22.9. The number of aromatic nitrogens is 4. The van der Waals surface area contributed by atoms with Crippen LogP contribution in [0.5, 0.6) is 0 Å². The average Bonchev–Trinajstić information content (AvgIpc) is 3.69. The highest BCUT2D eigenvalue weighted by Gasteiger charge is 2.53. The first-order chi connectivity index (χ1) is 20.2. The van der Waals surface area contributed by atoms with E-state index in [-0.39, 0.29) is 12.0 Å². The van der Waals surface area contributed by atoms with Gasteiger partial charge < -0.3 is 40.7 Å². The van der Waals surface area contributed by atoms with Gasteiger partial charge in [0, 0.05) is 25.6 Å². The van der Waals surface area contributed by atoms with Gasteiger partial charge in [-0.05, 0) is 24.5 Å². The fraction of sp³-hybridized carbons (Fsp3) is 0.379. The second kappa shape index (κ2) is 11.2. The van der Waals surface area contributed by atoms with Crippen LogP contribution >= 0.6 is 0 Å². The molecule has 13 nitrogen and oxygen atoms in total. The summed E-state index contributed by atoms with van der Waals surface area (Å²) >= 11 is 0. The first kappa shape index (κ1) is 27.8. The van der Waals surface area contributed by atoms with Gasteiger partial charge in [-0.25, -0.2) is 9.78 Å². The fourth-order valence-electron chi connectivity index (χ4n) is 5.77. The number of fused-ring (bicyclic) bond motifs is 1. The van der Waals surface area contributed by atoms with E-state index in [0.29, 0.717) is 49.0 Å². The van der Waals surface area contributed by atoms with Crippen LogP contribution in [0.15, 0.2) is 67.0 Å². The Balaban J connectivity index is 1.40. The van der Waals surface area contributed by atoms with Gasteiger partial charge in [0.05, 0.1) is 12.4 Å². The van der Waals surface area contributed by atoms with Gasteiger partial charge in [0.2, 0.25) is 5.95 Å². The maximum Gasteiger partial charge on any atom is 0.404 e. The molecule has 6 N–H and O–H groups in total. The van der Waals surface area contributed by atoms with E-state index in [2.05, 4.69) is 39.9 Å². The number of aliphatic hydroxyl groups excluding tert-OH is 3. The second-order valence-electron chi connectivity index (χ2n) is 10.8. The molecule has 0 radical (unpaired) electrons. The molecule has 13 heteroatoms. The summed E-state index contributed by atoms with van der Waals surface area (Å²) in [6.07, 6.45) is -3.66. The Morgan fingerprint density at radius 1 is 1.07 bits per heavy atom. The summed E-state index contributed by atoms with van der Waals surface area (Å²) in [6.45, 7) is 2.91. The SMILES string of the molecule is C[C@@]1(n2cnc3c(NCC(c4ccccc4)c4ccccc4)nc(N4CC[C@H](NC(=O)O)C4)nc32)O[C@@H](O)[C@@H](O)[C@H]1O. The predicted octanol–water partition coefficient (Wildman–Crippen LogP) is 1.66. The van der Waals surface area contributed by atoms with Gasteiger partial charge in [0.15, 0.2) is 29.0 Å². The maximum atomic E-state index is 11.2. The highest BCUT2D eigenvalue weighted by Crippen LogP contribution is 2.38. The molecule has 220 valence electrons. The van der Waals surface area contributed by atoms with E-state index in [9.17, 15) is 25.2 Å². The first-order valence-corrected chi connectivity index (χ1v) is 13.8. The molecule has 2 saturated heterocycles. The van der Waals surface area contributed by atoms with Crippen molar-refractivity contribution in [2.75, 3.05) is 29.9 Å². The molecular formula is C29H33N7O6. The van der Waals surface area contributed by atoms with Crippen LogP contribution in [-0.2, 0) is 10.5 Å². The smallest absolute Gasteiger partial charge is 0.404 e. The minimum atomic E-state index is -1.60. The summed E-state index contributed by atoms with van der Waals surface area (Å²) in [4.78, 5) is 27.2. The van der Waals surface area contributed by atoms with Gasteiger partial charge in [0.1, 0.15) is 12.2 Å². The molecule has 4 aromatic rings. The summed E-state index contributed by atoms with van der Waals surface area (Å²) < 4.78 is 7.10. The van der Waals surface area contributed by atoms with Crippen molar-refractivity contribution in [3.05, 3.63) is 78.1 Å². The first-order valence-electron chi connectivity index (χ1n) is 13.8. The molecule has 2 aliphatic rings. The van der Waals surface area contributed by atoms with Crippen molar-refractivity contribution in [2.45, 2.75) is 49.5 Å². The van der Waals surface area contributed by atoms with Crippen LogP contribution < -0.4 is 15.5 Å². The lowest BCUT2D eigenvalue weighted by atomic mass is 9.91. The summed E-state index contributed by atoms with van der Waals surface area (Å²) in [5.41, 5.74) is 1.40. The molecule has 0 unspecified atom stereocenters. The van der Waals surface area contributed by atoms with E-state index in [1.165, 1.54) is 17.8 Å². The van der Waals surface area contributed by atoms with Crippen molar-refractivity contribution >= 4 is 29.0 Å². The lowest BCUT2D eigenvalue weighted by Crippen LogP contribution is -2.43. The number of rotatable bonds is 8. The number of anilines is 2. The van der Waals surface area contributed by atoms with Gasteiger partial charge in [-0.3, -0.25) is 4.57 Å². The standard InChI is InChI=1S/C29H33N7O6/c1-29(23(38)22(37)26(39)42-29)36-16-31-21-24(33-27(34-25(21)36)35-13-12-19(15-35)32-28(40)41)30-14-20(17-8-4-2-5-9-17)18-10-6-3-7-11-18/h2-11,16,19-20,22-23,26,32,37-39H,12-15H2,1H3,(H,40,41)(H,30,33,34)/t19-,22-,23+,26+,29+/m0/s1. The van der Waals surface area contributed by atoms with Crippen molar-refractivity contribution in [1.29, 1.82) is 0 Å². The molecule has 2 aromatic heterocycles. The molecule has 0 saturated carbocycles. The highest BCUT2D eigenvalue weighted by molar-refractivity contribution is 5.84. The molecule has 1 amide bonds. The van der Waals surface area contributed by atoms with Gasteiger partial charge >= 0.3 is 6.09 Å². The fourth-order valence-corrected chi connectivity index (χ4v) is 5.77. The number of imidazole rings is 1. The lowest BCUT2D eigenvalue weighted by Gasteiger charge is -2.29. The van der Waals surface area contributed by atoms with Crippen molar-refractivity contribution in [2.24, 2.45) is 0 Å². The predicted molar refractivity (Wildman–Crippen MR) is 153 cm³/mol. The number of ether oxygens (including phenoxy) is 1. The highest BCUT2D eigenvalue weighted by atomic mass is 16.7. The van der Waals surface area contributed by atoms with Crippen molar-refractivity contribution in [3.8, 4) is 0 Å². The molecule has 2 aliphatic heterocycles. The molecule has 5 atom stereocenters. The lowest BCUT2D eigenvalue weighted by molar-refractivity contribution is -0.186. The molecule has 2 aromatic carbocycles. The minimum Gasteiger partial charge on any atom is -0.465 e. The Morgan fingerprint density at radius 2 is 1.74 bits per heavy atom. The number of carbonyl (C=O) groups is 1. The molecule has 6 rings (SSSR count). The largest absolute Gasteiger partial charge is 0.465 e. The Morgan fingerprint density at radius 3 is 2.33 bits per heavy atom. The van der Waals surface area contributed by atoms with E-state index in [0.717, 1.165) is 11.1 Å². The number of aliphatic hydroxyl groups is 3. The number of carboxylic acid groups (broad SMARTS) is 1. The number of hydrogen-bond acceptors (Lipinski definition) is 10. The van der Waals surface area contributed by atoms with E-state index < -0.39 is 30.3 Å². The average molecular weight is 576 g/mol. The van der Waals surface area contributed by atoms with Gasteiger partial charge in [-0.2, -0.15) is 9.97 Å². The van der Waals surface area contributed by atoms with Crippen LogP contribution in [0.3, 0.4) is 0 Å². The van der Waals surface area contributed by atoms with Crippen LogP contribution in [0.1, 0.15) is 30.4 Å². The molecule has 0 aliphatic carbocycles.